The third-order valence-electron chi connectivity index (χ3n) is 4.42. The van der Waals surface area contributed by atoms with Crippen LogP contribution in [0.2, 0.25) is 0 Å². The second-order valence-electron chi connectivity index (χ2n) is 7.18. The van der Waals surface area contributed by atoms with Gasteiger partial charge in [-0.15, -0.1) is 13.2 Å². The molecule has 1 aromatic carbocycles. The average Bonchev–Trinajstić information content (AvgIpc) is 3.41. The van der Waals surface area contributed by atoms with E-state index < -0.39 is 44.0 Å². The molecule has 1 amide bonds. The Balaban J connectivity index is 1.93. The monoisotopic (exact) mass is 514 g/mol. The van der Waals surface area contributed by atoms with Crippen molar-refractivity contribution in [3.05, 3.63) is 47.0 Å². The summed E-state index contributed by atoms with van der Waals surface area (Å²) >= 11 is 1.04. The highest BCUT2D eigenvalue weighted by Crippen LogP contribution is 2.29. The van der Waals surface area contributed by atoms with E-state index in [2.05, 4.69) is 25.1 Å². The molecule has 1 N–H and O–H groups in total. The van der Waals surface area contributed by atoms with E-state index in [1.54, 1.807) is 6.92 Å². The van der Waals surface area contributed by atoms with Crippen LogP contribution < -0.4 is 10.1 Å². The van der Waals surface area contributed by atoms with Crippen molar-refractivity contribution >= 4 is 27.1 Å². The normalized spacial score (nSPS) is 12.9. The second kappa shape index (κ2) is 9.39. The predicted octanol–water partition coefficient (Wildman–Crippen LogP) is 3.17. The minimum absolute atomic E-state index is 0.227. The number of sulfone groups is 1. The van der Waals surface area contributed by atoms with Gasteiger partial charge in [-0.1, -0.05) is 11.3 Å². The summed E-state index contributed by atoms with van der Waals surface area (Å²) in [5, 5.41) is 14.9. The molecule has 15 heteroatoms. The van der Waals surface area contributed by atoms with Crippen molar-refractivity contribution in [3.8, 4) is 17.0 Å². The van der Waals surface area contributed by atoms with Crippen molar-refractivity contribution < 1.29 is 31.1 Å². The molecule has 34 heavy (non-hydrogen) atoms. The highest BCUT2D eigenvalue weighted by molar-refractivity contribution is 7.92. The maximum absolute atomic E-state index is 12.9. The lowest BCUT2D eigenvalue weighted by atomic mass is 10.2. The van der Waals surface area contributed by atoms with Gasteiger partial charge in [-0.25, -0.2) is 18.4 Å². The van der Waals surface area contributed by atoms with Crippen molar-refractivity contribution in [1.29, 1.82) is 5.26 Å². The van der Waals surface area contributed by atoms with E-state index in [4.69, 9.17) is 5.26 Å². The summed E-state index contributed by atoms with van der Waals surface area (Å²) in [4.78, 5) is 20.8. The number of halogens is 3. The number of ether oxygens (including phenoxy) is 1. The Morgan fingerprint density at radius 3 is 2.53 bits per heavy atom. The number of rotatable bonds is 7. The van der Waals surface area contributed by atoms with E-state index in [9.17, 15) is 26.4 Å². The number of carbonyl (C=O) groups is 1. The number of nitrogens with one attached hydrogen (secondary N) is 1. The van der Waals surface area contributed by atoms with Crippen LogP contribution in [0.25, 0.3) is 5.13 Å². The van der Waals surface area contributed by atoms with Crippen molar-refractivity contribution in [2.75, 3.05) is 0 Å². The van der Waals surface area contributed by atoms with Crippen LogP contribution in [0, 0.1) is 11.3 Å². The van der Waals surface area contributed by atoms with Crippen LogP contribution in [0.3, 0.4) is 0 Å². The zero-order chi connectivity index (χ0) is 25.3. The van der Waals surface area contributed by atoms with Crippen molar-refractivity contribution in [2.24, 2.45) is 0 Å². The first kappa shape index (κ1) is 25.1. The molecule has 0 spiro atoms. The van der Waals surface area contributed by atoms with E-state index >= 15 is 0 Å². The van der Waals surface area contributed by atoms with E-state index in [1.807, 2.05) is 6.07 Å². The van der Waals surface area contributed by atoms with Gasteiger partial charge in [0.15, 0.2) is 15.7 Å². The molecule has 0 unspecified atom stereocenters. The summed E-state index contributed by atoms with van der Waals surface area (Å²) in [6.45, 7) is 4.26. The smallest absolute Gasteiger partial charge is 0.406 e. The number of aromatic nitrogens is 4. The third kappa shape index (κ3) is 5.51. The van der Waals surface area contributed by atoms with Crippen molar-refractivity contribution in [3.63, 3.8) is 0 Å². The Labute approximate surface area is 195 Å². The molecule has 3 rings (SSSR count). The summed E-state index contributed by atoms with van der Waals surface area (Å²) in [7, 11) is -4.01. The lowest BCUT2D eigenvalue weighted by molar-refractivity contribution is -0.274. The van der Waals surface area contributed by atoms with Crippen LogP contribution in [0.15, 0.2) is 35.6 Å². The molecule has 2 aromatic heterocycles. The molecule has 0 fully saturated rings. The molecule has 0 saturated heterocycles. The van der Waals surface area contributed by atoms with Crippen LogP contribution >= 0.6 is 11.3 Å². The number of thiazole rings is 1. The highest BCUT2D eigenvalue weighted by Gasteiger charge is 2.33. The standard InChI is InChI=1S/C19H17F3N6O4S2/c1-10(2)34(30,31)15-5-12(4-13(6-15)32-19(20,21)22)17(29)27-11(3)16-25-9-26-28(16)18-24-8-14(7-23)33-18/h4-6,8-11H,1-3H3,(H,27,29)/t11-/m0/s1. The van der Waals surface area contributed by atoms with Gasteiger partial charge in [-0.3, -0.25) is 4.79 Å². The molecule has 10 nitrogen and oxygen atoms in total. The molecule has 180 valence electrons. The number of hydrogen-bond acceptors (Lipinski definition) is 9. The molecule has 0 saturated carbocycles. The summed E-state index contributed by atoms with van der Waals surface area (Å²) < 4.78 is 68.6. The zero-order valence-corrected chi connectivity index (χ0v) is 19.5. The van der Waals surface area contributed by atoms with Gasteiger partial charge >= 0.3 is 6.36 Å². The Hall–Kier alpha value is -3.51. The van der Waals surface area contributed by atoms with E-state index in [0.29, 0.717) is 10.0 Å². The Morgan fingerprint density at radius 1 is 1.24 bits per heavy atom. The second-order valence-corrected chi connectivity index (χ2v) is 10.7. The summed E-state index contributed by atoms with van der Waals surface area (Å²) in [5.74, 6) is -1.49. The Bertz CT molecular complexity index is 1360. The quantitative estimate of drug-likeness (QED) is 0.507. The van der Waals surface area contributed by atoms with Crippen LogP contribution in [0.5, 0.6) is 5.75 Å². The van der Waals surface area contributed by atoms with Crippen molar-refractivity contribution in [2.45, 2.75) is 43.3 Å². The Morgan fingerprint density at radius 2 is 1.94 bits per heavy atom. The van der Waals surface area contributed by atoms with Crippen molar-refractivity contribution in [1.82, 2.24) is 25.1 Å². The number of nitriles is 1. The first-order valence-corrected chi connectivity index (χ1v) is 11.9. The maximum atomic E-state index is 12.9. The van der Waals surface area contributed by atoms with Gasteiger partial charge in [-0.2, -0.15) is 15.0 Å². The molecule has 0 aliphatic heterocycles. The van der Waals surface area contributed by atoms with Crippen LogP contribution in [0.4, 0.5) is 13.2 Å². The zero-order valence-electron chi connectivity index (χ0n) is 17.9. The first-order valence-electron chi connectivity index (χ1n) is 9.53. The van der Waals surface area contributed by atoms with Gasteiger partial charge in [0.2, 0.25) is 5.13 Å². The molecule has 0 aliphatic rings. The third-order valence-corrected chi connectivity index (χ3v) is 7.43. The fourth-order valence-electron chi connectivity index (χ4n) is 2.78. The molecule has 0 aliphatic carbocycles. The summed E-state index contributed by atoms with van der Waals surface area (Å²) in [5.41, 5.74) is -0.361. The molecule has 0 bridgehead atoms. The van der Waals surface area contributed by atoms with Gasteiger partial charge in [0, 0.05) is 5.56 Å². The molecule has 2 heterocycles. The number of hydrogen-bond donors (Lipinski definition) is 1. The number of amides is 1. The lowest BCUT2D eigenvalue weighted by Gasteiger charge is -2.16. The molecular weight excluding hydrogens is 497 g/mol. The maximum Gasteiger partial charge on any atom is 0.573 e. The van der Waals surface area contributed by atoms with E-state index in [-0.39, 0.29) is 11.4 Å². The topological polar surface area (TPSA) is 140 Å². The summed E-state index contributed by atoms with van der Waals surface area (Å²) in [6, 6.07) is 3.61. The van der Waals surface area contributed by atoms with Gasteiger partial charge in [0.25, 0.3) is 5.91 Å². The van der Waals surface area contributed by atoms with Gasteiger partial charge in [0.1, 0.15) is 23.0 Å². The highest BCUT2D eigenvalue weighted by atomic mass is 32.2. The van der Waals surface area contributed by atoms with Gasteiger partial charge < -0.3 is 10.1 Å². The van der Waals surface area contributed by atoms with Crippen LogP contribution in [0.1, 0.15) is 47.9 Å². The van der Waals surface area contributed by atoms with Gasteiger partial charge in [0.05, 0.1) is 22.4 Å². The minimum atomic E-state index is -5.09. The van der Waals surface area contributed by atoms with Gasteiger partial charge in [-0.05, 0) is 39.0 Å². The number of alkyl halides is 3. The Kier molecular flexibility index (Phi) is 6.94. The lowest BCUT2D eigenvalue weighted by Crippen LogP contribution is -2.29. The van der Waals surface area contributed by atoms with E-state index in [0.717, 1.165) is 29.5 Å². The number of nitrogens with zero attached hydrogens (tertiary/aromatic N) is 5. The molecule has 3 aromatic rings. The predicted molar refractivity (Wildman–Crippen MR) is 113 cm³/mol. The molecule has 0 radical (unpaired) electrons. The largest absolute Gasteiger partial charge is 0.573 e. The fraction of sp³-hybridized carbons (Fsp3) is 0.316. The van der Waals surface area contributed by atoms with Crippen LogP contribution in [-0.4, -0.2) is 45.7 Å². The SMILES string of the molecule is CC(C)S(=O)(=O)c1cc(OC(F)(F)F)cc(C(=O)N[C@@H](C)c2ncnn2-c2ncc(C#N)s2)c1. The molecular formula is C19H17F3N6O4S2. The van der Waals surface area contributed by atoms with E-state index in [1.165, 1.54) is 31.1 Å². The number of benzene rings is 1. The minimum Gasteiger partial charge on any atom is -0.406 e. The first-order chi connectivity index (χ1) is 15.8. The molecule has 1 atom stereocenters. The fourth-order valence-corrected chi connectivity index (χ4v) is 4.58. The average molecular weight is 515 g/mol. The number of carbonyl (C=O) groups excluding carboxylic acids is 1. The summed E-state index contributed by atoms with van der Waals surface area (Å²) in [6.07, 6.45) is -2.54. The van der Waals surface area contributed by atoms with Crippen LogP contribution in [-0.2, 0) is 9.84 Å².